The SMILES string of the molecule is CC(N)(C(=O)N1CCC(OCC(=O)O)CC1)C1CC1. The highest BCUT2D eigenvalue weighted by Crippen LogP contribution is 2.39. The lowest BCUT2D eigenvalue weighted by Crippen LogP contribution is -2.56. The molecule has 0 bridgehead atoms. The molecule has 2 rings (SSSR count). The Hall–Kier alpha value is -1.14. The van der Waals surface area contributed by atoms with Crippen LogP contribution in [0.5, 0.6) is 0 Å². The van der Waals surface area contributed by atoms with Gasteiger partial charge in [-0.3, -0.25) is 4.79 Å². The third-order valence-electron chi connectivity index (χ3n) is 4.06. The van der Waals surface area contributed by atoms with E-state index in [1.807, 2.05) is 6.92 Å². The Labute approximate surface area is 112 Å². The molecule has 0 aromatic rings. The van der Waals surface area contributed by atoms with Crippen LogP contribution < -0.4 is 5.73 Å². The minimum atomic E-state index is -0.957. The maximum atomic E-state index is 12.3. The van der Waals surface area contributed by atoms with E-state index < -0.39 is 11.5 Å². The van der Waals surface area contributed by atoms with Crippen LogP contribution in [0.1, 0.15) is 32.6 Å². The van der Waals surface area contributed by atoms with Gasteiger partial charge in [-0.05, 0) is 38.5 Å². The molecular formula is C13H22N2O4. The van der Waals surface area contributed by atoms with Crippen LogP contribution in [0.25, 0.3) is 0 Å². The number of hydrogen-bond acceptors (Lipinski definition) is 4. The van der Waals surface area contributed by atoms with E-state index in [-0.39, 0.29) is 18.6 Å². The smallest absolute Gasteiger partial charge is 0.329 e. The minimum Gasteiger partial charge on any atom is -0.480 e. The lowest BCUT2D eigenvalue weighted by atomic mass is 9.94. The first-order valence-electron chi connectivity index (χ1n) is 6.83. The van der Waals surface area contributed by atoms with E-state index in [4.69, 9.17) is 15.6 Å². The molecular weight excluding hydrogens is 248 g/mol. The molecule has 19 heavy (non-hydrogen) atoms. The van der Waals surface area contributed by atoms with Crippen molar-refractivity contribution in [2.24, 2.45) is 11.7 Å². The highest BCUT2D eigenvalue weighted by atomic mass is 16.5. The normalized spacial score (nSPS) is 24.0. The average molecular weight is 270 g/mol. The van der Waals surface area contributed by atoms with Gasteiger partial charge in [-0.2, -0.15) is 0 Å². The predicted octanol–water partition coefficient (Wildman–Crippen LogP) is 0.206. The molecule has 1 amide bonds. The highest BCUT2D eigenvalue weighted by Gasteiger charge is 2.46. The van der Waals surface area contributed by atoms with Crippen molar-refractivity contribution in [2.45, 2.75) is 44.2 Å². The van der Waals surface area contributed by atoms with Gasteiger partial charge in [-0.25, -0.2) is 4.79 Å². The maximum absolute atomic E-state index is 12.3. The Morgan fingerprint density at radius 2 is 1.89 bits per heavy atom. The molecule has 1 heterocycles. The van der Waals surface area contributed by atoms with Crippen molar-refractivity contribution in [1.29, 1.82) is 0 Å². The third-order valence-corrected chi connectivity index (χ3v) is 4.06. The van der Waals surface area contributed by atoms with Gasteiger partial charge in [0.15, 0.2) is 0 Å². The van der Waals surface area contributed by atoms with E-state index in [1.165, 1.54) is 0 Å². The number of amides is 1. The number of aliphatic carboxylic acids is 1. The summed E-state index contributed by atoms with van der Waals surface area (Å²) in [5, 5.41) is 8.55. The van der Waals surface area contributed by atoms with Crippen LogP contribution in [-0.2, 0) is 14.3 Å². The Morgan fingerprint density at radius 1 is 1.32 bits per heavy atom. The number of nitrogens with two attached hydrogens (primary N) is 1. The molecule has 1 aliphatic heterocycles. The summed E-state index contributed by atoms with van der Waals surface area (Å²) in [6.45, 7) is 2.75. The van der Waals surface area contributed by atoms with Crippen molar-refractivity contribution < 1.29 is 19.4 Å². The van der Waals surface area contributed by atoms with E-state index in [0.29, 0.717) is 31.8 Å². The molecule has 2 fully saturated rings. The first-order valence-corrected chi connectivity index (χ1v) is 6.83. The van der Waals surface area contributed by atoms with E-state index >= 15 is 0 Å². The van der Waals surface area contributed by atoms with Crippen molar-refractivity contribution in [3.05, 3.63) is 0 Å². The molecule has 0 radical (unpaired) electrons. The van der Waals surface area contributed by atoms with Gasteiger partial charge >= 0.3 is 5.97 Å². The minimum absolute atomic E-state index is 0.0201. The molecule has 1 atom stereocenters. The quantitative estimate of drug-likeness (QED) is 0.744. The Balaban J connectivity index is 1.79. The molecule has 1 aliphatic carbocycles. The highest BCUT2D eigenvalue weighted by molar-refractivity contribution is 5.86. The van der Waals surface area contributed by atoms with Crippen LogP contribution in [-0.4, -0.2) is 53.2 Å². The van der Waals surface area contributed by atoms with Gasteiger partial charge in [0.2, 0.25) is 5.91 Å². The second-order valence-corrected chi connectivity index (χ2v) is 5.75. The van der Waals surface area contributed by atoms with E-state index in [0.717, 1.165) is 12.8 Å². The van der Waals surface area contributed by atoms with E-state index in [1.54, 1.807) is 4.90 Å². The van der Waals surface area contributed by atoms with Crippen molar-refractivity contribution in [1.82, 2.24) is 4.90 Å². The van der Waals surface area contributed by atoms with Crippen molar-refractivity contribution in [3.8, 4) is 0 Å². The molecule has 2 aliphatic rings. The third kappa shape index (κ3) is 3.45. The van der Waals surface area contributed by atoms with Gasteiger partial charge in [-0.15, -0.1) is 0 Å². The molecule has 3 N–H and O–H groups in total. The van der Waals surface area contributed by atoms with Gasteiger partial charge < -0.3 is 20.5 Å². The van der Waals surface area contributed by atoms with Gasteiger partial charge in [0.05, 0.1) is 11.6 Å². The molecule has 0 spiro atoms. The van der Waals surface area contributed by atoms with Gasteiger partial charge in [0.1, 0.15) is 6.61 Å². The molecule has 1 saturated carbocycles. The number of rotatable bonds is 5. The molecule has 6 heteroatoms. The fourth-order valence-corrected chi connectivity index (χ4v) is 2.61. The van der Waals surface area contributed by atoms with Crippen molar-refractivity contribution >= 4 is 11.9 Å². The molecule has 108 valence electrons. The Bertz CT molecular complexity index is 358. The topological polar surface area (TPSA) is 92.9 Å². The summed E-state index contributed by atoms with van der Waals surface area (Å²) in [5.74, 6) is -0.616. The molecule has 6 nitrogen and oxygen atoms in total. The Morgan fingerprint density at radius 3 is 2.37 bits per heavy atom. The molecule has 0 aromatic heterocycles. The average Bonchev–Trinajstić information content (AvgIpc) is 3.20. The number of piperidine rings is 1. The standard InChI is InChI=1S/C13H22N2O4/c1-13(14,9-2-3-9)12(18)15-6-4-10(5-7-15)19-8-11(16)17/h9-10H,2-8,14H2,1H3,(H,16,17). The zero-order valence-electron chi connectivity index (χ0n) is 11.3. The van der Waals surface area contributed by atoms with Crippen molar-refractivity contribution in [3.63, 3.8) is 0 Å². The number of carbonyl (C=O) groups is 2. The number of likely N-dealkylation sites (tertiary alicyclic amines) is 1. The summed E-state index contributed by atoms with van der Waals surface area (Å²) >= 11 is 0. The van der Waals surface area contributed by atoms with Crippen LogP contribution in [0.3, 0.4) is 0 Å². The first kappa shape index (κ1) is 14.3. The summed E-state index contributed by atoms with van der Waals surface area (Å²) in [6.07, 6.45) is 3.37. The maximum Gasteiger partial charge on any atom is 0.329 e. The number of hydrogen-bond donors (Lipinski definition) is 2. The number of nitrogens with zero attached hydrogens (tertiary/aromatic N) is 1. The van der Waals surface area contributed by atoms with Crippen LogP contribution >= 0.6 is 0 Å². The van der Waals surface area contributed by atoms with Crippen molar-refractivity contribution in [2.75, 3.05) is 19.7 Å². The number of ether oxygens (including phenoxy) is 1. The van der Waals surface area contributed by atoms with Crippen LogP contribution in [0.4, 0.5) is 0 Å². The summed E-state index contributed by atoms with van der Waals surface area (Å²) in [6, 6.07) is 0. The second kappa shape index (κ2) is 5.46. The lowest BCUT2D eigenvalue weighted by Gasteiger charge is -2.36. The Kier molecular flexibility index (Phi) is 4.10. The fraction of sp³-hybridized carbons (Fsp3) is 0.846. The van der Waals surface area contributed by atoms with Crippen LogP contribution in [0, 0.1) is 5.92 Å². The summed E-state index contributed by atoms with van der Waals surface area (Å²) < 4.78 is 5.25. The van der Waals surface area contributed by atoms with Gasteiger partial charge in [0.25, 0.3) is 0 Å². The zero-order chi connectivity index (χ0) is 14.0. The summed E-state index contributed by atoms with van der Waals surface area (Å²) in [5.41, 5.74) is 5.39. The molecule has 1 unspecified atom stereocenters. The van der Waals surface area contributed by atoms with Crippen LogP contribution in [0.2, 0.25) is 0 Å². The van der Waals surface area contributed by atoms with Gasteiger partial charge in [-0.1, -0.05) is 0 Å². The monoisotopic (exact) mass is 270 g/mol. The second-order valence-electron chi connectivity index (χ2n) is 5.75. The molecule has 0 aromatic carbocycles. The predicted molar refractivity (Wildman–Crippen MR) is 68.5 cm³/mol. The van der Waals surface area contributed by atoms with Crippen LogP contribution in [0.15, 0.2) is 0 Å². The zero-order valence-corrected chi connectivity index (χ0v) is 11.3. The number of carboxylic acids is 1. The number of carbonyl (C=O) groups excluding carboxylic acids is 1. The largest absolute Gasteiger partial charge is 0.480 e. The van der Waals surface area contributed by atoms with E-state index in [2.05, 4.69) is 0 Å². The summed E-state index contributed by atoms with van der Waals surface area (Å²) in [7, 11) is 0. The fourth-order valence-electron chi connectivity index (χ4n) is 2.61. The van der Waals surface area contributed by atoms with Gasteiger partial charge in [0, 0.05) is 13.1 Å². The lowest BCUT2D eigenvalue weighted by molar-refractivity contribution is -0.148. The first-order chi connectivity index (χ1) is 8.91. The number of carboxylic acid groups (broad SMARTS) is 1. The van der Waals surface area contributed by atoms with E-state index in [9.17, 15) is 9.59 Å². The summed E-state index contributed by atoms with van der Waals surface area (Å²) in [4.78, 5) is 24.6. The molecule has 1 saturated heterocycles.